The lowest BCUT2D eigenvalue weighted by Gasteiger charge is -2.26. The van der Waals surface area contributed by atoms with E-state index in [0.717, 1.165) is 22.4 Å². The maximum atomic E-state index is 8.45. The third kappa shape index (κ3) is 3.19. The van der Waals surface area contributed by atoms with Gasteiger partial charge in [-0.25, -0.2) is 0 Å². The second kappa shape index (κ2) is 6.38. The van der Waals surface area contributed by atoms with Crippen LogP contribution in [0.3, 0.4) is 0 Å². The predicted octanol–water partition coefficient (Wildman–Crippen LogP) is 4.02. The van der Waals surface area contributed by atoms with Gasteiger partial charge in [-0.3, -0.25) is 10.8 Å². The van der Waals surface area contributed by atoms with Gasteiger partial charge in [0.2, 0.25) is 0 Å². The van der Waals surface area contributed by atoms with Crippen molar-refractivity contribution in [3.8, 4) is 0 Å². The molecule has 0 unspecified atom stereocenters. The molecule has 0 amide bonds. The minimum Gasteiger partial charge on any atom is -0.282 e. The standard InChI is InChI=1S/C18H18N4S/c1-12-7-9-14(10-8-12)16-11-23-18(20)22(21-16)17(19)15-6-4-3-5-13(15)2/h3-10,19-20H,11H2,1-2H3. The van der Waals surface area contributed by atoms with Crippen molar-refractivity contribution < 1.29 is 0 Å². The highest BCUT2D eigenvalue weighted by Crippen LogP contribution is 2.22. The topological polar surface area (TPSA) is 63.3 Å². The maximum absolute atomic E-state index is 8.45. The summed E-state index contributed by atoms with van der Waals surface area (Å²) in [6.45, 7) is 4.02. The normalized spacial score (nSPS) is 14.6. The smallest absolute Gasteiger partial charge is 0.183 e. The lowest BCUT2D eigenvalue weighted by molar-refractivity contribution is 0.660. The maximum Gasteiger partial charge on any atom is 0.183 e. The van der Waals surface area contributed by atoms with Crippen LogP contribution in [-0.4, -0.2) is 27.5 Å². The van der Waals surface area contributed by atoms with E-state index in [2.05, 4.69) is 24.2 Å². The molecule has 1 aliphatic heterocycles. The Balaban J connectivity index is 1.95. The number of hydrogen-bond donors (Lipinski definition) is 2. The highest BCUT2D eigenvalue weighted by Gasteiger charge is 2.24. The summed E-state index contributed by atoms with van der Waals surface area (Å²) in [6.07, 6.45) is 0. The lowest BCUT2D eigenvalue weighted by Crippen LogP contribution is -2.35. The molecular formula is C18H18N4S. The molecule has 0 radical (unpaired) electrons. The van der Waals surface area contributed by atoms with Crippen LogP contribution in [-0.2, 0) is 0 Å². The molecule has 0 saturated carbocycles. The first-order valence-corrected chi connectivity index (χ1v) is 8.35. The number of rotatable bonds is 2. The zero-order valence-electron chi connectivity index (χ0n) is 13.1. The highest BCUT2D eigenvalue weighted by atomic mass is 32.2. The molecule has 2 N–H and O–H groups in total. The van der Waals surface area contributed by atoms with Gasteiger partial charge in [-0.05, 0) is 25.0 Å². The van der Waals surface area contributed by atoms with Crippen LogP contribution < -0.4 is 0 Å². The Bertz CT molecular complexity index is 793. The summed E-state index contributed by atoms with van der Waals surface area (Å²) >= 11 is 1.40. The number of thioether (sulfide) groups is 1. The van der Waals surface area contributed by atoms with Crippen molar-refractivity contribution >= 4 is 28.5 Å². The van der Waals surface area contributed by atoms with Crippen LogP contribution in [0.1, 0.15) is 22.3 Å². The molecule has 2 aromatic rings. The fourth-order valence-corrected chi connectivity index (χ4v) is 3.14. The number of hydrogen-bond acceptors (Lipinski definition) is 4. The van der Waals surface area contributed by atoms with Crippen molar-refractivity contribution in [2.24, 2.45) is 5.10 Å². The fraction of sp³-hybridized carbons (Fsp3) is 0.167. The molecule has 3 rings (SSSR count). The molecule has 116 valence electrons. The summed E-state index contributed by atoms with van der Waals surface area (Å²) in [7, 11) is 0. The van der Waals surface area contributed by atoms with Crippen LogP contribution in [0.25, 0.3) is 0 Å². The first-order valence-electron chi connectivity index (χ1n) is 7.37. The Kier molecular flexibility index (Phi) is 4.30. The van der Waals surface area contributed by atoms with Crippen molar-refractivity contribution in [3.05, 3.63) is 70.8 Å². The Morgan fingerprint density at radius 1 is 1.09 bits per heavy atom. The van der Waals surface area contributed by atoms with Gasteiger partial charge in [0.15, 0.2) is 11.0 Å². The van der Waals surface area contributed by atoms with Gasteiger partial charge in [0.1, 0.15) is 0 Å². The number of amidine groups is 2. The van der Waals surface area contributed by atoms with E-state index in [1.54, 1.807) is 0 Å². The second-order valence-electron chi connectivity index (χ2n) is 5.48. The van der Waals surface area contributed by atoms with Crippen molar-refractivity contribution in [2.75, 3.05) is 5.75 Å². The van der Waals surface area contributed by atoms with E-state index in [1.165, 1.54) is 22.3 Å². The van der Waals surface area contributed by atoms with E-state index in [-0.39, 0.29) is 11.0 Å². The summed E-state index contributed by atoms with van der Waals surface area (Å²) in [4.78, 5) is 0. The van der Waals surface area contributed by atoms with E-state index < -0.39 is 0 Å². The number of nitrogens with one attached hydrogen (secondary N) is 2. The third-order valence-corrected chi connectivity index (χ3v) is 4.62. The monoisotopic (exact) mass is 322 g/mol. The summed E-state index contributed by atoms with van der Waals surface area (Å²) in [6, 6.07) is 15.9. The summed E-state index contributed by atoms with van der Waals surface area (Å²) in [5.74, 6) is 0.893. The molecule has 2 aromatic carbocycles. The summed E-state index contributed by atoms with van der Waals surface area (Å²) in [5.41, 5.74) is 4.94. The van der Waals surface area contributed by atoms with Crippen LogP contribution in [0.5, 0.6) is 0 Å². The predicted molar refractivity (Wildman–Crippen MR) is 97.7 cm³/mol. The quantitative estimate of drug-likeness (QED) is 0.648. The van der Waals surface area contributed by atoms with Gasteiger partial charge >= 0.3 is 0 Å². The van der Waals surface area contributed by atoms with Gasteiger partial charge in [0.05, 0.1) is 5.71 Å². The average Bonchev–Trinajstić information content (AvgIpc) is 2.56. The first-order chi connectivity index (χ1) is 11.1. The van der Waals surface area contributed by atoms with Crippen molar-refractivity contribution in [1.29, 1.82) is 10.8 Å². The van der Waals surface area contributed by atoms with Gasteiger partial charge in [-0.15, -0.1) is 0 Å². The molecule has 0 fully saturated rings. The Labute approximate surface area is 140 Å². The third-order valence-electron chi connectivity index (χ3n) is 3.76. The molecule has 4 nitrogen and oxygen atoms in total. The van der Waals surface area contributed by atoms with Crippen LogP contribution in [0.4, 0.5) is 0 Å². The van der Waals surface area contributed by atoms with Crippen molar-refractivity contribution in [1.82, 2.24) is 5.01 Å². The molecule has 0 aliphatic carbocycles. The van der Waals surface area contributed by atoms with Gasteiger partial charge < -0.3 is 0 Å². The second-order valence-corrected chi connectivity index (χ2v) is 6.45. The molecule has 0 spiro atoms. The molecule has 1 aliphatic rings. The Morgan fingerprint density at radius 3 is 2.48 bits per heavy atom. The summed E-state index contributed by atoms with van der Waals surface area (Å²) < 4.78 is 0. The van der Waals surface area contributed by atoms with Crippen LogP contribution in [0.15, 0.2) is 53.6 Å². The minimum atomic E-state index is 0.241. The highest BCUT2D eigenvalue weighted by molar-refractivity contribution is 8.14. The molecule has 0 saturated heterocycles. The first kappa shape index (κ1) is 15.5. The van der Waals surface area contributed by atoms with Crippen LogP contribution in [0, 0.1) is 24.7 Å². The SMILES string of the molecule is Cc1ccc(C2=NN(C(=N)c3ccccc3C)C(=N)SC2)cc1. The molecule has 23 heavy (non-hydrogen) atoms. The van der Waals surface area contributed by atoms with E-state index in [0.29, 0.717) is 5.75 Å². The van der Waals surface area contributed by atoms with Crippen LogP contribution >= 0.6 is 11.8 Å². The van der Waals surface area contributed by atoms with E-state index in [1.807, 2.05) is 43.3 Å². The van der Waals surface area contributed by atoms with E-state index in [9.17, 15) is 0 Å². The van der Waals surface area contributed by atoms with Crippen LogP contribution in [0.2, 0.25) is 0 Å². The molecule has 5 heteroatoms. The molecule has 0 bridgehead atoms. The number of hydrazone groups is 1. The van der Waals surface area contributed by atoms with Gasteiger partial charge in [-0.2, -0.15) is 10.1 Å². The Hall–Kier alpha value is -2.40. The number of benzene rings is 2. The Morgan fingerprint density at radius 2 is 1.78 bits per heavy atom. The van der Waals surface area contributed by atoms with E-state index >= 15 is 0 Å². The van der Waals surface area contributed by atoms with Gasteiger partial charge in [0.25, 0.3) is 0 Å². The molecular weight excluding hydrogens is 304 g/mol. The van der Waals surface area contributed by atoms with Gasteiger partial charge in [0, 0.05) is 11.3 Å². The zero-order valence-corrected chi connectivity index (χ0v) is 13.9. The zero-order chi connectivity index (χ0) is 16.4. The summed E-state index contributed by atoms with van der Waals surface area (Å²) in [5, 5.41) is 22.8. The fourth-order valence-electron chi connectivity index (χ4n) is 2.38. The average molecular weight is 322 g/mol. The van der Waals surface area contributed by atoms with E-state index in [4.69, 9.17) is 10.8 Å². The van der Waals surface area contributed by atoms with Crippen molar-refractivity contribution in [3.63, 3.8) is 0 Å². The minimum absolute atomic E-state index is 0.241. The van der Waals surface area contributed by atoms with Crippen molar-refractivity contribution in [2.45, 2.75) is 13.8 Å². The number of nitrogens with zero attached hydrogens (tertiary/aromatic N) is 2. The molecule has 0 aromatic heterocycles. The largest absolute Gasteiger partial charge is 0.282 e. The molecule has 0 atom stereocenters. The van der Waals surface area contributed by atoms with Gasteiger partial charge in [-0.1, -0.05) is 65.9 Å². The number of aryl methyl sites for hydroxylation is 2. The lowest BCUT2D eigenvalue weighted by atomic mass is 10.1. The molecule has 1 heterocycles.